The molecule has 0 heterocycles. The number of hydrogen-bond donors (Lipinski definition) is 0. The van der Waals surface area contributed by atoms with Crippen LogP contribution in [0.2, 0.25) is 0 Å². The van der Waals surface area contributed by atoms with Gasteiger partial charge < -0.3 is 0 Å². The lowest BCUT2D eigenvalue weighted by Gasteiger charge is -2.09. The molecule has 0 aliphatic rings. The van der Waals surface area contributed by atoms with Crippen LogP contribution < -0.4 is 0 Å². The summed E-state index contributed by atoms with van der Waals surface area (Å²) in [6.07, 6.45) is 0. The molecule has 0 aromatic heterocycles. The molecule has 0 amide bonds. The maximum atomic E-state index is 2.21. The van der Waals surface area contributed by atoms with Crippen LogP contribution in [0.4, 0.5) is 0 Å². The molecule has 74 valence electrons. The van der Waals surface area contributed by atoms with Crippen molar-refractivity contribution in [3.8, 4) is 0 Å². The van der Waals surface area contributed by atoms with Gasteiger partial charge in [0.2, 0.25) is 0 Å². The Balaban J connectivity index is 2.51. The van der Waals surface area contributed by atoms with E-state index >= 15 is 0 Å². The molecule has 0 fully saturated rings. The van der Waals surface area contributed by atoms with Gasteiger partial charge in [0.05, 0.1) is 0 Å². The summed E-state index contributed by atoms with van der Waals surface area (Å²) in [6, 6.07) is 21.9. The maximum absolute atomic E-state index is 2.21. The minimum Gasteiger partial charge on any atom is -0.0610 e. The zero-order chi connectivity index (χ0) is 10.5. The molecule has 0 unspecified atom stereocenters. The molecular formula is C16H10. The van der Waals surface area contributed by atoms with Crippen LogP contribution in [0, 0.1) is 0 Å². The average Bonchev–Trinajstić information content (AvgIpc) is 2.36. The Morgan fingerprint density at radius 1 is 0.375 bits per heavy atom. The third kappa shape index (κ3) is 0.892. The standard InChI is InChI=1S/C16H10/c1-3-11-7-9-13-5-2-6-14-10-8-12(4-1)15(11)16(13)14/h1-10H/i11+1,15+1. The van der Waals surface area contributed by atoms with E-state index in [2.05, 4.69) is 60.7 Å². The maximum Gasteiger partial charge on any atom is -0.00268 e. The lowest BCUT2D eigenvalue weighted by atomic mass is 10.1. The predicted octanol–water partition coefficient (Wildman–Crippen LogP) is 4.58. The van der Waals surface area contributed by atoms with E-state index in [0.29, 0.717) is 0 Å². The van der Waals surface area contributed by atoms with Crippen LogP contribution in [0.1, 0.15) is 0 Å². The molecular weight excluding hydrogens is 194 g/mol. The smallest absolute Gasteiger partial charge is 0.00268 e. The Bertz CT molecular complexity index is 667. The minimum atomic E-state index is 1.34. The van der Waals surface area contributed by atoms with Crippen molar-refractivity contribution in [3.63, 3.8) is 0 Å². The molecule has 0 aliphatic carbocycles. The number of benzene rings is 4. The largest absolute Gasteiger partial charge is 0.0610 e. The molecule has 0 saturated heterocycles. The molecule has 0 radical (unpaired) electrons. The van der Waals surface area contributed by atoms with E-state index in [4.69, 9.17) is 0 Å². The highest BCUT2D eigenvalue weighted by atomic mass is 14.5. The summed E-state index contributed by atoms with van der Waals surface area (Å²) in [4.78, 5) is 0. The lowest BCUT2D eigenvalue weighted by molar-refractivity contribution is 1.78. The second-order valence-electron chi connectivity index (χ2n) is 4.29. The summed E-state index contributed by atoms with van der Waals surface area (Å²) < 4.78 is 0. The Morgan fingerprint density at radius 2 is 0.688 bits per heavy atom. The summed E-state index contributed by atoms with van der Waals surface area (Å²) in [7, 11) is 0. The Morgan fingerprint density at radius 3 is 1.00 bits per heavy atom. The first-order valence-corrected chi connectivity index (χ1v) is 5.56. The van der Waals surface area contributed by atoms with E-state index in [0.717, 1.165) is 0 Å². The summed E-state index contributed by atoms with van der Waals surface area (Å²) in [5, 5.41) is 8.14. The van der Waals surface area contributed by atoms with Crippen molar-refractivity contribution in [3.05, 3.63) is 60.7 Å². The Hall–Kier alpha value is -2.08. The van der Waals surface area contributed by atoms with Gasteiger partial charge in [-0.2, -0.15) is 0 Å². The van der Waals surface area contributed by atoms with Gasteiger partial charge in [0.1, 0.15) is 0 Å². The minimum absolute atomic E-state index is 1.34. The first kappa shape index (κ1) is 8.12. The van der Waals surface area contributed by atoms with E-state index in [-0.39, 0.29) is 0 Å². The summed E-state index contributed by atoms with van der Waals surface area (Å²) in [5.74, 6) is 0. The van der Waals surface area contributed by atoms with Gasteiger partial charge >= 0.3 is 0 Å². The van der Waals surface area contributed by atoms with Gasteiger partial charge in [-0.15, -0.1) is 0 Å². The van der Waals surface area contributed by atoms with Gasteiger partial charge in [-0.05, 0) is 32.3 Å². The number of hydrogen-bond acceptors (Lipinski definition) is 0. The molecule has 0 aliphatic heterocycles. The summed E-state index contributed by atoms with van der Waals surface area (Å²) in [6.45, 7) is 0. The zero-order valence-corrected chi connectivity index (χ0v) is 8.77. The van der Waals surface area contributed by atoms with Crippen molar-refractivity contribution >= 4 is 32.3 Å². The van der Waals surface area contributed by atoms with E-state index in [1.165, 1.54) is 32.3 Å². The zero-order valence-electron chi connectivity index (χ0n) is 8.77. The van der Waals surface area contributed by atoms with Crippen molar-refractivity contribution in [1.82, 2.24) is 0 Å². The fourth-order valence-corrected chi connectivity index (χ4v) is 2.67. The second kappa shape index (κ2) is 2.73. The highest BCUT2D eigenvalue weighted by Crippen LogP contribution is 2.33. The molecule has 0 nitrogen and oxygen atoms in total. The van der Waals surface area contributed by atoms with Crippen LogP contribution >= 0.6 is 0 Å². The van der Waals surface area contributed by atoms with E-state index in [9.17, 15) is 0 Å². The lowest BCUT2D eigenvalue weighted by Crippen LogP contribution is -1.82. The molecule has 0 atom stereocenters. The Labute approximate surface area is 93.5 Å². The van der Waals surface area contributed by atoms with Crippen LogP contribution in [-0.4, -0.2) is 0 Å². The normalized spacial score (nSPS) is 11.8. The first-order valence-electron chi connectivity index (χ1n) is 5.56. The molecule has 0 spiro atoms. The number of rotatable bonds is 0. The van der Waals surface area contributed by atoms with Gasteiger partial charge in [-0.1, -0.05) is 60.7 Å². The van der Waals surface area contributed by atoms with Gasteiger partial charge in [0, 0.05) is 0 Å². The fourth-order valence-electron chi connectivity index (χ4n) is 2.67. The van der Waals surface area contributed by atoms with Crippen LogP contribution in [0.3, 0.4) is 0 Å². The van der Waals surface area contributed by atoms with Crippen LogP contribution in [-0.2, 0) is 0 Å². The van der Waals surface area contributed by atoms with Crippen LogP contribution in [0.5, 0.6) is 0 Å². The third-order valence-corrected chi connectivity index (χ3v) is 3.39. The van der Waals surface area contributed by atoms with Crippen molar-refractivity contribution < 1.29 is 0 Å². The topological polar surface area (TPSA) is 0 Å². The average molecular weight is 204 g/mol. The van der Waals surface area contributed by atoms with Crippen molar-refractivity contribution in [2.75, 3.05) is 0 Å². The summed E-state index contributed by atoms with van der Waals surface area (Å²) >= 11 is 0. The summed E-state index contributed by atoms with van der Waals surface area (Å²) in [5.41, 5.74) is 0. The van der Waals surface area contributed by atoms with Gasteiger partial charge in [-0.25, -0.2) is 0 Å². The van der Waals surface area contributed by atoms with E-state index in [1.807, 2.05) is 0 Å². The Kier molecular flexibility index (Phi) is 1.39. The third-order valence-electron chi connectivity index (χ3n) is 3.39. The van der Waals surface area contributed by atoms with Crippen LogP contribution in [0.15, 0.2) is 60.7 Å². The SMILES string of the molecule is c1cc2ccc3ccc[13c]4ccc(c1)c2[13c]34. The van der Waals surface area contributed by atoms with E-state index < -0.39 is 0 Å². The molecule has 4 aromatic carbocycles. The van der Waals surface area contributed by atoms with Crippen molar-refractivity contribution in [2.45, 2.75) is 0 Å². The van der Waals surface area contributed by atoms with E-state index in [1.54, 1.807) is 0 Å². The molecule has 0 heteroatoms. The predicted molar refractivity (Wildman–Crippen MR) is 70.1 cm³/mol. The quantitative estimate of drug-likeness (QED) is 0.368. The molecule has 0 N–H and O–H groups in total. The highest BCUT2D eigenvalue weighted by molar-refractivity contribution is 6.22. The fraction of sp³-hybridized carbons (Fsp3) is 0. The van der Waals surface area contributed by atoms with Gasteiger partial charge in [-0.3, -0.25) is 0 Å². The van der Waals surface area contributed by atoms with Gasteiger partial charge in [0.25, 0.3) is 0 Å². The molecule has 16 heavy (non-hydrogen) atoms. The monoisotopic (exact) mass is 204 g/mol. The van der Waals surface area contributed by atoms with Crippen molar-refractivity contribution in [1.29, 1.82) is 0 Å². The molecule has 0 saturated carbocycles. The highest BCUT2D eigenvalue weighted by Gasteiger charge is 2.05. The van der Waals surface area contributed by atoms with Crippen molar-refractivity contribution in [2.24, 2.45) is 0 Å². The first-order chi connectivity index (χ1) is 7.93. The molecule has 0 bridgehead atoms. The molecule has 4 aromatic rings. The second-order valence-corrected chi connectivity index (χ2v) is 4.29. The van der Waals surface area contributed by atoms with Crippen LogP contribution in [0.25, 0.3) is 32.3 Å². The van der Waals surface area contributed by atoms with Gasteiger partial charge in [0.15, 0.2) is 0 Å². The molecule has 4 rings (SSSR count).